The maximum absolute atomic E-state index is 12.5. The smallest absolute Gasteiger partial charge is 0.326 e. The lowest BCUT2D eigenvalue weighted by Crippen LogP contribution is -2.14. The van der Waals surface area contributed by atoms with E-state index in [1.165, 1.54) is 19.1 Å². The zero-order valence-electron chi connectivity index (χ0n) is 13.3. The van der Waals surface area contributed by atoms with Crippen LogP contribution in [0.2, 0.25) is 5.02 Å². The van der Waals surface area contributed by atoms with Crippen molar-refractivity contribution in [2.24, 2.45) is 0 Å². The van der Waals surface area contributed by atoms with Gasteiger partial charge in [-0.15, -0.1) is 0 Å². The van der Waals surface area contributed by atoms with Crippen LogP contribution in [0, 0.1) is 0 Å². The number of anilines is 2. The zero-order valence-corrected chi connectivity index (χ0v) is 14.9. The minimum atomic E-state index is -4.73. The number of hydrogen-bond donors (Lipinski definition) is 2. The van der Waals surface area contributed by atoms with E-state index >= 15 is 0 Å². The number of benzene rings is 2. The second kappa shape index (κ2) is 7.79. The molecule has 0 aliphatic heterocycles. The summed E-state index contributed by atoms with van der Waals surface area (Å²) in [5.74, 6) is -4.48. The normalized spacial score (nSPS) is 11.3. The average Bonchev–Trinajstić information content (AvgIpc) is 2.57. The van der Waals surface area contributed by atoms with Gasteiger partial charge in [-0.2, -0.15) is 8.78 Å². The fourth-order valence-corrected chi connectivity index (χ4v) is 2.88. The minimum absolute atomic E-state index is 0.0409. The first-order valence-corrected chi connectivity index (χ1v) is 9.04. The first-order valence-electron chi connectivity index (χ1n) is 7.12. The first-order chi connectivity index (χ1) is 12.1. The summed E-state index contributed by atoms with van der Waals surface area (Å²) >= 11 is 5.99. The van der Waals surface area contributed by atoms with Crippen molar-refractivity contribution in [2.45, 2.75) is 17.6 Å². The highest BCUT2D eigenvalue weighted by Gasteiger charge is 2.26. The van der Waals surface area contributed by atoms with Gasteiger partial charge in [0, 0.05) is 18.2 Å². The summed E-state index contributed by atoms with van der Waals surface area (Å²) in [4.78, 5) is 22.7. The summed E-state index contributed by atoms with van der Waals surface area (Å²) in [5, 5.41) is 5.25. The van der Waals surface area contributed by atoms with Gasteiger partial charge in [0.05, 0.1) is 15.6 Å². The Morgan fingerprint density at radius 1 is 1.04 bits per heavy atom. The fourth-order valence-electron chi connectivity index (χ4n) is 2.00. The van der Waals surface area contributed by atoms with Gasteiger partial charge in [-0.1, -0.05) is 11.6 Å². The monoisotopic (exact) mass is 402 g/mol. The quantitative estimate of drug-likeness (QED) is 0.800. The predicted molar refractivity (Wildman–Crippen MR) is 93.3 cm³/mol. The van der Waals surface area contributed by atoms with Crippen molar-refractivity contribution in [2.75, 3.05) is 10.6 Å². The molecule has 2 aromatic carbocycles. The van der Waals surface area contributed by atoms with Crippen LogP contribution in [0.1, 0.15) is 17.3 Å². The van der Waals surface area contributed by atoms with E-state index in [9.17, 15) is 26.8 Å². The molecule has 2 N–H and O–H groups in total. The number of amides is 2. The molecule has 0 atom stereocenters. The number of hydrogen-bond acceptors (Lipinski definition) is 4. The minimum Gasteiger partial charge on any atom is -0.326 e. The first kappa shape index (κ1) is 19.8. The molecule has 0 aliphatic carbocycles. The summed E-state index contributed by atoms with van der Waals surface area (Å²) in [6.45, 7) is 1.32. The number of alkyl halides is 2. The van der Waals surface area contributed by atoms with Crippen molar-refractivity contribution in [3.8, 4) is 0 Å². The number of sulfone groups is 1. The van der Waals surface area contributed by atoms with Crippen molar-refractivity contribution in [1.29, 1.82) is 0 Å². The van der Waals surface area contributed by atoms with E-state index in [0.29, 0.717) is 5.69 Å². The van der Waals surface area contributed by atoms with Crippen LogP contribution < -0.4 is 10.6 Å². The number of carbonyl (C=O) groups is 2. The van der Waals surface area contributed by atoms with Crippen molar-refractivity contribution >= 4 is 44.6 Å². The van der Waals surface area contributed by atoms with Crippen LogP contribution in [0.3, 0.4) is 0 Å². The van der Waals surface area contributed by atoms with Gasteiger partial charge < -0.3 is 10.6 Å². The molecule has 0 bridgehead atoms. The third-order valence-electron chi connectivity index (χ3n) is 3.21. The van der Waals surface area contributed by atoms with E-state index in [4.69, 9.17) is 11.6 Å². The van der Waals surface area contributed by atoms with Crippen molar-refractivity contribution < 1.29 is 26.8 Å². The second-order valence-corrected chi connectivity index (χ2v) is 7.48. The highest BCUT2D eigenvalue weighted by atomic mass is 35.5. The molecule has 2 aromatic rings. The Bertz CT molecular complexity index is 947. The molecule has 0 spiro atoms. The molecule has 0 radical (unpaired) electrons. The van der Waals surface area contributed by atoms with Gasteiger partial charge in [0.2, 0.25) is 15.7 Å². The summed E-state index contributed by atoms with van der Waals surface area (Å²) in [6.07, 6.45) is 0. The largest absolute Gasteiger partial charge is 0.341 e. The van der Waals surface area contributed by atoms with E-state index in [1.807, 2.05) is 0 Å². The second-order valence-electron chi connectivity index (χ2n) is 5.16. The van der Waals surface area contributed by atoms with Crippen LogP contribution in [0.4, 0.5) is 20.2 Å². The predicted octanol–water partition coefficient (Wildman–Crippen LogP) is 3.55. The highest BCUT2D eigenvalue weighted by Crippen LogP contribution is 2.26. The Morgan fingerprint density at radius 3 is 2.19 bits per heavy atom. The van der Waals surface area contributed by atoms with Crippen LogP contribution in [-0.2, 0) is 14.6 Å². The number of halogens is 3. The van der Waals surface area contributed by atoms with Crippen LogP contribution in [-0.4, -0.2) is 26.0 Å². The van der Waals surface area contributed by atoms with E-state index in [2.05, 4.69) is 10.6 Å². The van der Waals surface area contributed by atoms with Crippen molar-refractivity contribution in [1.82, 2.24) is 0 Å². The van der Waals surface area contributed by atoms with E-state index in [0.717, 1.165) is 24.3 Å². The lowest BCUT2D eigenvalue weighted by Gasteiger charge is -2.10. The van der Waals surface area contributed by atoms with E-state index in [1.54, 1.807) is 6.07 Å². The average molecular weight is 403 g/mol. The van der Waals surface area contributed by atoms with Gasteiger partial charge >= 0.3 is 5.76 Å². The fraction of sp³-hybridized carbons (Fsp3) is 0.125. The molecular formula is C16H13ClF2N2O4S. The van der Waals surface area contributed by atoms with Gasteiger partial charge in [-0.3, -0.25) is 9.59 Å². The van der Waals surface area contributed by atoms with Crippen LogP contribution >= 0.6 is 11.6 Å². The number of nitrogens with one attached hydrogen (secondary N) is 2. The molecule has 0 heterocycles. The molecule has 2 rings (SSSR count). The molecule has 10 heteroatoms. The molecule has 26 heavy (non-hydrogen) atoms. The van der Waals surface area contributed by atoms with Crippen molar-refractivity contribution in [3.63, 3.8) is 0 Å². The van der Waals surface area contributed by atoms with Gasteiger partial charge in [-0.05, 0) is 42.5 Å². The standard InChI is InChI=1S/C16H13ClF2N2O4S/c1-9(22)20-11-4-7-13(17)14(8-11)21-15(23)10-2-5-12(6-3-10)26(24,25)16(18)19/h2-8,16H,1H3,(H,20,22)(H,21,23). The molecule has 0 fully saturated rings. The third-order valence-corrected chi connectivity index (χ3v) is 4.94. The zero-order chi connectivity index (χ0) is 19.5. The summed E-state index contributed by atoms with van der Waals surface area (Å²) in [7, 11) is -4.73. The molecule has 0 aliphatic rings. The molecule has 0 saturated heterocycles. The summed E-state index contributed by atoms with van der Waals surface area (Å²) in [5.41, 5.74) is 0.669. The molecule has 0 unspecified atom stereocenters. The summed E-state index contributed by atoms with van der Waals surface area (Å²) in [6, 6.07) is 8.52. The Kier molecular flexibility index (Phi) is 5.94. The molecule has 0 aromatic heterocycles. The van der Waals surface area contributed by atoms with Crippen LogP contribution in [0.25, 0.3) is 0 Å². The van der Waals surface area contributed by atoms with Gasteiger partial charge in [-0.25, -0.2) is 8.42 Å². The van der Waals surface area contributed by atoms with E-state index in [-0.39, 0.29) is 22.2 Å². The topological polar surface area (TPSA) is 92.3 Å². The van der Waals surface area contributed by atoms with E-state index < -0.39 is 26.4 Å². The Morgan fingerprint density at radius 2 is 1.65 bits per heavy atom. The molecular weight excluding hydrogens is 390 g/mol. The molecule has 0 saturated carbocycles. The number of rotatable bonds is 5. The van der Waals surface area contributed by atoms with Gasteiger partial charge in [0.1, 0.15) is 0 Å². The maximum atomic E-state index is 12.5. The lowest BCUT2D eigenvalue weighted by molar-refractivity contribution is -0.114. The summed E-state index contributed by atoms with van der Waals surface area (Å²) < 4.78 is 47.8. The number of carbonyl (C=O) groups excluding carboxylic acids is 2. The Balaban J connectivity index is 2.22. The molecule has 138 valence electrons. The Hall–Kier alpha value is -2.52. The van der Waals surface area contributed by atoms with Gasteiger partial charge in [0.25, 0.3) is 5.91 Å². The van der Waals surface area contributed by atoms with Crippen molar-refractivity contribution in [3.05, 3.63) is 53.1 Å². The Labute approximate surface area is 153 Å². The van der Waals surface area contributed by atoms with Crippen LogP contribution in [0.15, 0.2) is 47.4 Å². The van der Waals surface area contributed by atoms with Crippen LogP contribution in [0.5, 0.6) is 0 Å². The maximum Gasteiger partial charge on any atom is 0.341 e. The highest BCUT2D eigenvalue weighted by molar-refractivity contribution is 7.91. The molecule has 2 amide bonds. The lowest BCUT2D eigenvalue weighted by atomic mass is 10.2. The van der Waals surface area contributed by atoms with Gasteiger partial charge in [0.15, 0.2) is 0 Å². The third kappa shape index (κ3) is 4.55. The molecule has 6 nitrogen and oxygen atoms in total. The SMILES string of the molecule is CC(=O)Nc1ccc(Cl)c(NC(=O)c2ccc(S(=O)(=O)C(F)F)cc2)c1.